The highest BCUT2D eigenvalue weighted by Crippen LogP contribution is 2.35. The Morgan fingerprint density at radius 2 is 1.87 bits per heavy atom. The molecule has 0 aromatic heterocycles. The Hall–Kier alpha value is -1.18. The Morgan fingerprint density at radius 3 is 2.33 bits per heavy atom. The maximum atomic E-state index is 5.87. The fourth-order valence-electron chi connectivity index (χ4n) is 1.69. The van der Waals surface area contributed by atoms with Crippen LogP contribution < -0.4 is 10.5 Å². The van der Waals surface area contributed by atoms with Gasteiger partial charge in [0.25, 0.3) is 0 Å². The van der Waals surface area contributed by atoms with E-state index in [9.17, 15) is 0 Å². The molecule has 0 saturated carbocycles. The molecule has 1 aromatic carbocycles. The molecule has 0 heterocycles. The highest BCUT2D eigenvalue weighted by Gasteiger charge is 2.20. The van der Waals surface area contributed by atoms with Crippen LogP contribution in [-0.2, 0) is 5.41 Å². The monoisotopic (exact) mass is 207 g/mol. The van der Waals surface area contributed by atoms with Gasteiger partial charge < -0.3 is 10.5 Å². The van der Waals surface area contributed by atoms with Gasteiger partial charge in [-0.25, -0.2) is 0 Å². The molecular weight excluding hydrogens is 186 g/mol. The zero-order valence-electron chi connectivity index (χ0n) is 10.3. The van der Waals surface area contributed by atoms with Crippen molar-refractivity contribution in [2.45, 2.75) is 40.0 Å². The summed E-state index contributed by atoms with van der Waals surface area (Å²) < 4.78 is 5.69. The van der Waals surface area contributed by atoms with Crippen LogP contribution in [0.4, 0.5) is 5.69 Å². The summed E-state index contributed by atoms with van der Waals surface area (Å²) in [6, 6.07) is 3.97. The molecule has 0 unspecified atom stereocenters. The predicted molar refractivity (Wildman–Crippen MR) is 65.5 cm³/mol. The Labute approximate surface area is 92.4 Å². The van der Waals surface area contributed by atoms with Crippen LogP contribution in [0, 0.1) is 6.92 Å². The second-order valence-electron chi connectivity index (χ2n) is 4.90. The topological polar surface area (TPSA) is 35.2 Å². The summed E-state index contributed by atoms with van der Waals surface area (Å²) in [5.74, 6) is 0.985. The molecule has 0 fully saturated rings. The lowest BCUT2D eigenvalue weighted by molar-refractivity contribution is 0.327. The minimum absolute atomic E-state index is 0.0602. The van der Waals surface area contributed by atoms with Gasteiger partial charge in [0.15, 0.2) is 0 Å². The molecule has 0 atom stereocenters. The summed E-state index contributed by atoms with van der Waals surface area (Å²) in [5.41, 5.74) is 9.03. The molecule has 0 radical (unpaired) electrons. The van der Waals surface area contributed by atoms with E-state index in [-0.39, 0.29) is 5.41 Å². The van der Waals surface area contributed by atoms with Crippen molar-refractivity contribution in [2.24, 2.45) is 0 Å². The molecule has 0 bridgehead atoms. The molecule has 0 aliphatic rings. The smallest absolute Gasteiger partial charge is 0.126 e. The molecular formula is C13H21NO. The van der Waals surface area contributed by atoms with Crippen molar-refractivity contribution < 1.29 is 4.74 Å². The van der Waals surface area contributed by atoms with E-state index in [0.717, 1.165) is 17.0 Å². The van der Waals surface area contributed by atoms with Crippen LogP contribution in [0.5, 0.6) is 5.75 Å². The van der Waals surface area contributed by atoms with Crippen LogP contribution in [0.3, 0.4) is 0 Å². The lowest BCUT2D eigenvalue weighted by Crippen LogP contribution is -2.15. The summed E-state index contributed by atoms with van der Waals surface area (Å²) in [5, 5.41) is 0. The van der Waals surface area contributed by atoms with E-state index < -0.39 is 0 Å². The number of benzene rings is 1. The average molecular weight is 207 g/mol. The molecule has 0 saturated heterocycles. The zero-order chi connectivity index (χ0) is 11.6. The fourth-order valence-corrected chi connectivity index (χ4v) is 1.69. The van der Waals surface area contributed by atoms with E-state index in [1.807, 2.05) is 26.0 Å². The summed E-state index contributed by atoms with van der Waals surface area (Å²) in [4.78, 5) is 0. The number of rotatable bonds is 2. The maximum absolute atomic E-state index is 5.87. The Morgan fingerprint density at radius 1 is 1.27 bits per heavy atom. The average Bonchev–Trinajstić information content (AvgIpc) is 2.07. The van der Waals surface area contributed by atoms with Crippen molar-refractivity contribution in [3.8, 4) is 5.75 Å². The number of hydrogen-bond donors (Lipinski definition) is 1. The largest absolute Gasteiger partial charge is 0.493 e. The lowest BCUT2D eigenvalue weighted by Gasteiger charge is -2.24. The van der Waals surface area contributed by atoms with Gasteiger partial charge in [-0.15, -0.1) is 0 Å². The number of nitrogens with two attached hydrogens (primary N) is 1. The van der Waals surface area contributed by atoms with Gasteiger partial charge in [-0.2, -0.15) is 0 Å². The zero-order valence-corrected chi connectivity index (χ0v) is 10.3. The second-order valence-corrected chi connectivity index (χ2v) is 4.90. The first-order valence-electron chi connectivity index (χ1n) is 5.39. The molecule has 0 aliphatic heterocycles. The van der Waals surface area contributed by atoms with Crippen LogP contribution in [0.15, 0.2) is 12.1 Å². The first-order valence-corrected chi connectivity index (χ1v) is 5.39. The lowest BCUT2D eigenvalue weighted by atomic mass is 9.85. The van der Waals surface area contributed by atoms with Crippen molar-refractivity contribution in [2.75, 3.05) is 12.3 Å². The molecule has 1 aromatic rings. The highest BCUT2D eigenvalue weighted by atomic mass is 16.5. The maximum Gasteiger partial charge on any atom is 0.126 e. The highest BCUT2D eigenvalue weighted by molar-refractivity contribution is 5.55. The number of anilines is 1. The Bertz CT molecular complexity index is 350. The summed E-state index contributed by atoms with van der Waals surface area (Å²) in [6.07, 6.45) is 0. The third-order valence-corrected chi connectivity index (χ3v) is 2.39. The van der Waals surface area contributed by atoms with Gasteiger partial charge in [0.05, 0.1) is 6.61 Å². The SMILES string of the molecule is CCOc1c(C)cc(N)cc1C(C)(C)C. The van der Waals surface area contributed by atoms with E-state index in [0.29, 0.717) is 6.61 Å². The molecule has 2 heteroatoms. The third-order valence-electron chi connectivity index (χ3n) is 2.39. The molecule has 15 heavy (non-hydrogen) atoms. The predicted octanol–water partition coefficient (Wildman–Crippen LogP) is 3.27. The van der Waals surface area contributed by atoms with Crippen molar-refractivity contribution in [3.05, 3.63) is 23.3 Å². The normalized spacial score (nSPS) is 11.5. The third kappa shape index (κ3) is 2.65. The molecule has 0 aliphatic carbocycles. The summed E-state index contributed by atoms with van der Waals surface area (Å²) >= 11 is 0. The van der Waals surface area contributed by atoms with Crippen molar-refractivity contribution in [1.82, 2.24) is 0 Å². The molecule has 84 valence electrons. The molecule has 0 amide bonds. The van der Waals surface area contributed by atoms with E-state index >= 15 is 0 Å². The quantitative estimate of drug-likeness (QED) is 0.755. The van der Waals surface area contributed by atoms with Gasteiger partial charge in [0.2, 0.25) is 0 Å². The van der Waals surface area contributed by atoms with Crippen LogP contribution in [0.25, 0.3) is 0 Å². The minimum atomic E-state index is 0.0602. The van der Waals surface area contributed by atoms with Crippen molar-refractivity contribution >= 4 is 5.69 Å². The summed E-state index contributed by atoms with van der Waals surface area (Å²) in [6.45, 7) is 11.2. The number of hydrogen-bond acceptors (Lipinski definition) is 2. The molecule has 2 nitrogen and oxygen atoms in total. The van der Waals surface area contributed by atoms with Gasteiger partial charge in [-0.1, -0.05) is 20.8 Å². The number of ether oxygens (including phenoxy) is 1. The molecule has 0 spiro atoms. The van der Waals surface area contributed by atoms with Crippen LogP contribution in [0.1, 0.15) is 38.8 Å². The van der Waals surface area contributed by atoms with E-state index in [1.54, 1.807) is 0 Å². The van der Waals surface area contributed by atoms with E-state index in [4.69, 9.17) is 10.5 Å². The van der Waals surface area contributed by atoms with Gasteiger partial charge in [0.1, 0.15) is 5.75 Å². The standard InChI is InChI=1S/C13H21NO/c1-6-15-12-9(2)7-10(14)8-11(12)13(3,4)5/h7-8H,6,14H2,1-5H3. The van der Waals surface area contributed by atoms with Gasteiger partial charge in [-0.05, 0) is 37.0 Å². The minimum Gasteiger partial charge on any atom is -0.493 e. The number of nitrogen functional groups attached to an aromatic ring is 1. The van der Waals surface area contributed by atoms with Crippen LogP contribution in [-0.4, -0.2) is 6.61 Å². The van der Waals surface area contributed by atoms with Gasteiger partial charge in [0, 0.05) is 11.3 Å². The fraction of sp³-hybridized carbons (Fsp3) is 0.538. The summed E-state index contributed by atoms with van der Waals surface area (Å²) in [7, 11) is 0. The Balaban J connectivity index is 3.33. The molecule has 2 N–H and O–H groups in total. The van der Waals surface area contributed by atoms with Crippen LogP contribution in [0.2, 0.25) is 0 Å². The van der Waals surface area contributed by atoms with Gasteiger partial charge >= 0.3 is 0 Å². The van der Waals surface area contributed by atoms with Crippen molar-refractivity contribution in [3.63, 3.8) is 0 Å². The Kier molecular flexibility index (Phi) is 3.28. The van der Waals surface area contributed by atoms with Gasteiger partial charge in [-0.3, -0.25) is 0 Å². The van der Waals surface area contributed by atoms with E-state index in [2.05, 4.69) is 20.8 Å². The van der Waals surface area contributed by atoms with Crippen LogP contribution >= 0.6 is 0 Å². The first kappa shape index (κ1) is 11.9. The van der Waals surface area contributed by atoms with E-state index in [1.165, 1.54) is 5.56 Å². The second kappa shape index (κ2) is 4.13. The number of aryl methyl sites for hydroxylation is 1. The van der Waals surface area contributed by atoms with Crippen molar-refractivity contribution in [1.29, 1.82) is 0 Å². The molecule has 1 rings (SSSR count). The first-order chi connectivity index (χ1) is 6.86.